The highest BCUT2D eigenvalue weighted by atomic mass is 35.5. The number of rotatable bonds is 2. The predicted molar refractivity (Wildman–Crippen MR) is 49.1 cm³/mol. The van der Waals surface area contributed by atoms with Crippen molar-refractivity contribution >= 4 is 23.4 Å². The molecule has 4 heteroatoms. The molecular weight excluding hydrogens is 199 g/mol. The number of halogens is 2. The van der Waals surface area contributed by atoms with Crippen molar-refractivity contribution < 1.29 is 9.50 Å². The van der Waals surface area contributed by atoms with Crippen LogP contribution in [0.15, 0.2) is 17.0 Å². The Morgan fingerprint density at radius 2 is 2.25 bits per heavy atom. The maximum atomic E-state index is 13.0. The smallest absolute Gasteiger partial charge is 0.147 e. The fourth-order valence-corrected chi connectivity index (χ4v) is 1.65. The standard InChI is InChI=1S/C8H8ClFOS/c1-12-6-2-5(4-11)8(10)7(9)3-6/h2-3,11H,4H2,1H3. The van der Waals surface area contributed by atoms with Gasteiger partial charge in [-0.05, 0) is 18.4 Å². The van der Waals surface area contributed by atoms with Gasteiger partial charge in [0.05, 0.1) is 11.6 Å². The normalized spacial score (nSPS) is 10.3. The lowest BCUT2D eigenvalue weighted by Crippen LogP contribution is -1.91. The van der Waals surface area contributed by atoms with Crippen LogP contribution < -0.4 is 0 Å². The molecular formula is C8H8ClFOS. The summed E-state index contributed by atoms with van der Waals surface area (Å²) in [7, 11) is 0. The number of hydrogen-bond donors (Lipinski definition) is 1. The van der Waals surface area contributed by atoms with Crippen molar-refractivity contribution in [3.05, 3.63) is 28.5 Å². The van der Waals surface area contributed by atoms with Crippen molar-refractivity contribution in [1.29, 1.82) is 0 Å². The van der Waals surface area contributed by atoms with E-state index in [2.05, 4.69) is 0 Å². The third-order valence-electron chi connectivity index (χ3n) is 1.48. The summed E-state index contributed by atoms with van der Waals surface area (Å²) in [6.45, 7) is -0.319. The second-order valence-electron chi connectivity index (χ2n) is 2.24. The van der Waals surface area contributed by atoms with E-state index in [1.165, 1.54) is 11.8 Å². The maximum Gasteiger partial charge on any atom is 0.147 e. The number of hydrogen-bond acceptors (Lipinski definition) is 2. The van der Waals surface area contributed by atoms with Crippen LogP contribution in [0.5, 0.6) is 0 Å². The van der Waals surface area contributed by atoms with Gasteiger partial charge < -0.3 is 5.11 Å². The highest BCUT2D eigenvalue weighted by Gasteiger charge is 2.07. The summed E-state index contributed by atoms with van der Waals surface area (Å²) in [4.78, 5) is 0.852. The Kier molecular flexibility index (Phi) is 3.38. The fourth-order valence-electron chi connectivity index (χ4n) is 0.851. The summed E-state index contributed by atoms with van der Waals surface area (Å²) < 4.78 is 13.0. The zero-order valence-corrected chi connectivity index (χ0v) is 8.05. The average molecular weight is 207 g/mol. The van der Waals surface area contributed by atoms with Gasteiger partial charge in [0.15, 0.2) is 0 Å². The molecule has 0 atom stereocenters. The Bertz CT molecular complexity index is 291. The molecule has 66 valence electrons. The quantitative estimate of drug-likeness (QED) is 0.751. The summed E-state index contributed by atoms with van der Waals surface area (Å²) in [6.07, 6.45) is 1.87. The Balaban J connectivity index is 3.19. The number of thioether (sulfide) groups is 1. The first kappa shape index (κ1) is 9.84. The SMILES string of the molecule is CSc1cc(Cl)c(F)c(CO)c1. The van der Waals surface area contributed by atoms with E-state index in [-0.39, 0.29) is 17.2 Å². The fraction of sp³-hybridized carbons (Fsp3) is 0.250. The van der Waals surface area contributed by atoms with Crippen LogP contribution in [-0.4, -0.2) is 11.4 Å². The van der Waals surface area contributed by atoms with E-state index >= 15 is 0 Å². The molecule has 0 aliphatic rings. The maximum absolute atomic E-state index is 13.0. The zero-order chi connectivity index (χ0) is 9.14. The molecule has 0 bridgehead atoms. The van der Waals surface area contributed by atoms with Gasteiger partial charge >= 0.3 is 0 Å². The molecule has 0 saturated carbocycles. The van der Waals surface area contributed by atoms with Crippen molar-refractivity contribution in [2.75, 3.05) is 6.26 Å². The molecule has 1 aromatic rings. The predicted octanol–water partition coefficient (Wildman–Crippen LogP) is 2.69. The summed E-state index contributed by atoms with van der Waals surface area (Å²) in [5.74, 6) is -0.531. The van der Waals surface area contributed by atoms with Crippen molar-refractivity contribution in [2.24, 2.45) is 0 Å². The molecule has 1 N–H and O–H groups in total. The molecule has 12 heavy (non-hydrogen) atoms. The van der Waals surface area contributed by atoms with Crippen LogP contribution in [0, 0.1) is 5.82 Å². The van der Waals surface area contributed by atoms with E-state index in [0.29, 0.717) is 0 Å². The Morgan fingerprint density at radius 1 is 1.58 bits per heavy atom. The highest BCUT2D eigenvalue weighted by molar-refractivity contribution is 7.98. The minimum Gasteiger partial charge on any atom is -0.392 e. The van der Waals surface area contributed by atoms with Crippen LogP contribution in [0.4, 0.5) is 4.39 Å². The molecule has 1 aromatic carbocycles. The zero-order valence-electron chi connectivity index (χ0n) is 6.47. The van der Waals surface area contributed by atoms with E-state index in [4.69, 9.17) is 16.7 Å². The van der Waals surface area contributed by atoms with E-state index in [1.54, 1.807) is 12.1 Å². The van der Waals surface area contributed by atoms with Gasteiger partial charge in [0.1, 0.15) is 5.82 Å². The van der Waals surface area contributed by atoms with Gasteiger partial charge in [0.25, 0.3) is 0 Å². The molecule has 0 aliphatic carbocycles. The van der Waals surface area contributed by atoms with Gasteiger partial charge in [0.2, 0.25) is 0 Å². The van der Waals surface area contributed by atoms with E-state index in [1.807, 2.05) is 6.26 Å². The Labute approximate surface area is 79.5 Å². The molecule has 0 aliphatic heterocycles. The molecule has 0 heterocycles. The molecule has 0 saturated heterocycles. The highest BCUT2D eigenvalue weighted by Crippen LogP contribution is 2.25. The van der Waals surface area contributed by atoms with E-state index in [9.17, 15) is 4.39 Å². The first-order valence-corrected chi connectivity index (χ1v) is 4.92. The third kappa shape index (κ3) is 1.91. The van der Waals surface area contributed by atoms with Crippen LogP contribution in [-0.2, 0) is 6.61 Å². The van der Waals surface area contributed by atoms with Crippen LogP contribution in [0.3, 0.4) is 0 Å². The number of aliphatic hydroxyl groups is 1. The van der Waals surface area contributed by atoms with Gasteiger partial charge in [-0.15, -0.1) is 11.8 Å². The summed E-state index contributed by atoms with van der Waals surface area (Å²) in [5.41, 5.74) is 0.242. The molecule has 1 nitrogen and oxygen atoms in total. The minimum absolute atomic E-state index is 0.0610. The molecule has 0 amide bonds. The van der Waals surface area contributed by atoms with E-state index in [0.717, 1.165) is 4.90 Å². The molecule has 0 spiro atoms. The first-order valence-electron chi connectivity index (χ1n) is 3.31. The summed E-state index contributed by atoms with van der Waals surface area (Å²) >= 11 is 7.04. The first-order chi connectivity index (χ1) is 5.69. The lowest BCUT2D eigenvalue weighted by atomic mass is 10.2. The minimum atomic E-state index is -0.531. The summed E-state index contributed by atoms with van der Waals surface area (Å²) in [5, 5.41) is 8.82. The topological polar surface area (TPSA) is 20.2 Å². The van der Waals surface area contributed by atoms with Gasteiger partial charge in [-0.25, -0.2) is 4.39 Å². The third-order valence-corrected chi connectivity index (χ3v) is 2.47. The molecule has 0 radical (unpaired) electrons. The molecule has 0 fully saturated rings. The Hall–Kier alpha value is -0.250. The van der Waals surface area contributed by atoms with Gasteiger partial charge in [-0.2, -0.15) is 0 Å². The monoisotopic (exact) mass is 206 g/mol. The molecule has 1 rings (SSSR count). The van der Waals surface area contributed by atoms with Gasteiger partial charge in [-0.3, -0.25) is 0 Å². The average Bonchev–Trinajstić information content (AvgIpc) is 2.09. The van der Waals surface area contributed by atoms with Crippen LogP contribution in [0.25, 0.3) is 0 Å². The van der Waals surface area contributed by atoms with Crippen molar-refractivity contribution in [3.8, 4) is 0 Å². The Morgan fingerprint density at radius 3 is 2.75 bits per heavy atom. The lowest BCUT2D eigenvalue weighted by Gasteiger charge is -2.03. The van der Waals surface area contributed by atoms with Crippen molar-refractivity contribution in [1.82, 2.24) is 0 Å². The van der Waals surface area contributed by atoms with Crippen molar-refractivity contribution in [3.63, 3.8) is 0 Å². The second-order valence-corrected chi connectivity index (χ2v) is 3.53. The van der Waals surface area contributed by atoms with Crippen molar-refractivity contribution in [2.45, 2.75) is 11.5 Å². The largest absolute Gasteiger partial charge is 0.392 e. The van der Waals surface area contributed by atoms with Gasteiger partial charge in [-0.1, -0.05) is 11.6 Å². The van der Waals surface area contributed by atoms with Crippen LogP contribution in [0.1, 0.15) is 5.56 Å². The van der Waals surface area contributed by atoms with E-state index < -0.39 is 5.82 Å². The van der Waals surface area contributed by atoms with Gasteiger partial charge in [0, 0.05) is 10.5 Å². The van der Waals surface area contributed by atoms with Crippen LogP contribution >= 0.6 is 23.4 Å². The number of aliphatic hydroxyl groups excluding tert-OH is 1. The lowest BCUT2D eigenvalue weighted by molar-refractivity contribution is 0.275. The molecule has 0 aromatic heterocycles. The summed E-state index contributed by atoms with van der Waals surface area (Å²) in [6, 6.07) is 3.13. The second kappa shape index (κ2) is 4.12. The van der Waals surface area contributed by atoms with Crippen LogP contribution in [0.2, 0.25) is 5.02 Å². The molecule has 0 unspecified atom stereocenters. The number of benzene rings is 1.